The molecule has 0 amide bonds. The van der Waals surface area contributed by atoms with Crippen LogP contribution in [-0.4, -0.2) is 11.4 Å². The minimum atomic E-state index is 0.0215. The Hall–Kier alpha value is -0.670. The molecule has 0 unspecified atom stereocenters. The summed E-state index contributed by atoms with van der Waals surface area (Å²) in [5.41, 5.74) is 1.91. The Morgan fingerprint density at radius 3 is 2.85 bits per heavy atom. The summed E-state index contributed by atoms with van der Waals surface area (Å²) < 4.78 is 0.959. The number of carbonyl (C=O) groups excluding carboxylic acids is 1. The number of benzene rings is 1. The number of aliphatic hydroxyl groups excluding tert-OH is 1. The molecule has 0 bridgehead atoms. The van der Waals surface area contributed by atoms with Gasteiger partial charge in [-0.3, -0.25) is 0 Å². The molecule has 0 heterocycles. The summed E-state index contributed by atoms with van der Waals surface area (Å²) in [6, 6.07) is 5.66. The highest BCUT2D eigenvalue weighted by Gasteiger charge is 2.04. The summed E-state index contributed by atoms with van der Waals surface area (Å²) in [4.78, 5) is 10.2. The SMILES string of the molecule is O=CCCc1c(Br)cccc1CO. The van der Waals surface area contributed by atoms with Crippen LogP contribution in [0.15, 0.2) is 22.7 Å². The van der Waals surface area contributed by atoms with Gasteiger partial charge in [0.1, 0.15) is 6.29 Å². The van der Waals surface area contributed by atoms with Crippen LogP contribution in [0, 0.1) is 0 Å². The molecule has 0 fully saturated rings. The number of hydrogen-bond donors (Lipinski definition) is 1. The van der Waals surface area contributed by atoms with Crippen LogP contribution in [0.25, 0.3) is 0 Å². The van der Waals surface area contributed by atoms with Crippen molar-refractivity contribution in [1.82, 2.24) is 0 Å². The van der Waals surface area contributed by atoms with Gasteiger partial charge in [-0.1, -0.05) is 28.1 Å². The van der Waals surface area contributed by atoms with E-state index in [1.807, 2.05) is 18.2 Å². The molecular formula is C10H11BrO2. The van der Waals surface area contributed by atoms with Crippen molar-refractivity contribution in [1.29, 1.82) is 0 Å². The van der Waals surface area contributed by atoms with Gasteiger partial charge in [0.15, 0.2) is 0 Å². The summed E-state index contributed by atoms with van der Waals surface area (Å²) in [7, 11) is 0. The quantitative estimate of drug-likeness (QED) is 0.822. The molecule has 0 aliphatic heterocycles. The molecule has 2 nitrogen and oxygen atoms in total. The van der Waals surface area contributed by atoms with Crippen LogP contribution >= 0.6 is 15.9 Å². The molecule has 0 radical (unpaired) electrons. The van der Waals surface area contributed by atoms with E-state index in [9.17, 15) is 4.79 Å². The van der Waals surface area contributed by atoms with Crippen molar-refractivity contribution in [3.63, 3.8) is 0 Å². The van der Waals surface area contributed by atoms with Gasteiger partial charge >= 0.3 is 0 Å². The third-order valence-corrected chi connectivity index (χ3v) is 2.64. The highest BCUT2D eigenvalue weighted by molar-refractivity contribution is 9.10. The molecule has 1 aromatic carbocycles. The zero-order valence-electron chi connectivity index (χ0n) is 7.16. The normalized spacial score (nSPS) is 10.0. The number of aliphatic hydroxyl groups is 1. The van der Waals surface area contributed by atoms with Crippen LogP contribution in [0.1, 0.15) is 17.5 Å². The van der Waals surface area contributed by atoms with E-state index in [-0.39, 0.29) is 6.61 Å². The second kappa shape index (κ2) is 5.14. The van der Waals surface area contributed by atoms with E-state index in [4.69, 9.17) is 5.11 Å². The van der Waals surface area contributed by atoms with E-state index in [1.54, 1.807) is 0 Å². The standard InChI is InChI=1S/C10H11BrO2/c11-10-5-1-3-8(7-13)9(10)4-2-6-12/h1,3,5-6,13H,2,4,7H2. The van der Waals surface area contributed by atoms with Crippen LogP contribution in [0.2, 0.25) is 0 Å². The van der Waals surface area contributed by atoms with Crippen molar-refractivity contribution in [3.8, 4) is 0 Å². The first-order valence-corrected chi connectivity index (χ1v) is 4.89. The molecular weight excluding hydrogens is 232 g/mol. The Morgan fingerprint density at radius 1 is 1.46 bits per heavy atom. The Morgan fingerprint density at radius 2 is 2.23 bits per heavy atom. The Kier molecular flexibility index (Phi) is 4.12. The minimum absolute atomic E-state index is 0.0215. The molecule has 1 aromatic rings. The molecule has 0 atom stereocenters. The summed E-state index contributed by atoms with van der Waals surface area (Å²) in [6.07, 6.45) is 2.07. The highest BCUT2D eigenvalue weighted by atomic mass is 79.9. The maximum absolute atomic E-state index is 10.2. The van der Waals surface area contributed by atoms with Crippen LogP contribution in [0.3, 0.4) is 0 Å². The molecule has 0 aliphatic rings. The van der Waals surface area contributed by atoms with Gasteiger partial charge in [0.25, 0.3) is 0 Å². The van der Waals surface area contributed by atoms with Crippen molar-refractivity contribution in [2.24, 2.45) is 0 Å². The van der Waals surface area contributed by atoms with Gasteiger partial charge in [0.05, 0.1) is 6.61 Å². The molecule has 0 saturated carbocycles. The monoisotopic (exact) mass is 242 g/mol. The maximum atomic E-state index is 10.2. The van der Waals surface area contributed by atoms with Crippen LogP contribution < -0.4 is 0 Å². The third-order valence-electron chi connectivity index (χ3n) is 1.90. The van der Waals surface area contributed by atoms with Crippen molar-refractivity contribution >= 4 is 22.2 Å². The number of aldehydes is 1. The van der Waals surface area contributed by atoms with E-state index in [2.05, 4.69) is 15.9 Å². The minimum Gasteiger partial charge on any atom is -0.392 e. The van der Waals surface area contributed by atoms with Crippen LogP contribution in [0.5, 0.6) is 0 Å². The molecule has 1 rings (SSSR count). The summed E-state index contributed by atoms with van der Waals surface area (Å²) in [5, 5.41) is 9.03. The summed E-state index contributed by atoms with van der Waals surface area (Å²) in [5.74, 6) is 0. The molecule has 0 aromatic heterocycles. The molecule has 0 aliphatic carbocycles. The highest BCUT2D eigenvalue weighted by Crippen LogP contribution is 2.21. The summed E-state index contributed by atoms with van der Waals surface area (Å²) >= 11 is 3.39. The molecule has 70 valence electrons. The zero-order valence-corrected chi connectivity index (χ0v) is 8.75. The fourth-order valence-corrected chi connectivity index (χ4v) is 1.84. The lowest BCUT2D eigenvalue weighted by molar-refractivity contribution is -0.107. The molecule has 0 saturated heterocycles. The van der Waals surface area contributed by atoms with Gasteiger partial charge in [-0.25, -0.2) is 0 Å². The van der Waals surface area contributed by atoms with Gasteiger partial charge in [-0.2, -0.15) is 0 Å². The first-order chi connectivity index (χ1) is 6.29. The van der Waals surface area contributed by atoms with E-state index in [1.165, 1.54) is 0 Å². The average molecular weight is 243 g/mol. The number of halogens is 1. The summed E-state index contributed by atoms with van der Waals surface area (Å²) in [6.45, 7) is 0.0215. The molecule has 13 heavy (non-hydrogen) atoms. The third kappa shape index (κ3) is 2.64. The van der Waals surface area contributed by atoms with Gasteiger partial charge in [0, 0.05) is 10.9 Å². The van der Waals surface area contributed by atoms with Gasteiger partial charge in [-0.15, -0.1) is 0 Å². The molecule has 1 N–H and O–H groups in total. The smallest absolute Gasteiger partial charge is 0.120 e. The van der Waals surface area contributed by atoms with Gasteiger partial charge in [-0.05, 0) is 23.6 Å². The van der Waals surface area contributed by atoms with Crippen LogP contribution in [-0.2, 0) is 17.8 Å². The Labute approximate surface area is 85.7 Å². The van der Waals surface area contributed by atoms with Crippen molar-refractivity contribution in [3.05, 3.63) is 33.8 Å². The van der Waals surface area contributed by atoms with Gasteiger partial charge in [0.2, 0.25) is 0 Å². The maximum Gasteiger partial charge on any atom is 0.120 e. The number of rotatable bonds is 4. The Bertz CT molecular complexity index is 297. The number of hydrogen-bond acceptors (Lipinski definition) is 2. The predicted octanol–water partition coefficient (Wildman–Crippen LogP) is 2.07. The first kappa shape index (κ1) is 10.4. The van der Waals surface area contributed by atoms with Crippen molar-refractivity contribution in [2.45, 2.75) is 19.4 Å². The zero-order chi connectivity index (χ0) is 9.68. The second-order valence-electron chi connectivity index (χ2n) is 2.74. The predicted molar refractivity (Wildman–Crippen MR) is 54.4 cm³/mol. The topological polar surface area (TPSA) is 37.3 Å². The van der Waals surface area contributed by atoms with E-state index < -0.39 is 0 Å². The molecule has 3 heteroatoms. The van der Waals surface area contributed by atoms with E-state index in [0.717, 1.165) is 21.9 Å². The fourth-order valence-electron chi connectivity index (χ4n) is 1.23. The average Bonchev–Trinajstić information content (AvgIpc) is 2.15. The lowest BCUT2D eigenvalue weighted by atomic mass is 10.0. The Balaban J connectivity index is 2.93. The van der Waals surface area contributed by atoms with Crippen LogP contribution in [0.4, 0.5) is 0 Å². The lowest BCUT2D eigenvalue weighted by Crippen LogP contribution is -1.96. The first-order valence-electron chi connectivity index (χ1n) is 4.10. The molecule has 0 spiro atoms. The van der Waals surface area contributed by atoms with Crippen molar-refractivity contribution in [2.75, 3.05) is 0 Å². The fraction of sp³-hybridized carbons (Fsp3) is 0.300. The van der Waals surface area contributed by atoms with E-state index >= 15 is 0 Å². The van der Waals surface area contributed by atoms with E-state index in [0.29, 0.717) is 12.8 Å². The largest absolute Gasteiger partial charge is 0.392 e. The second-order valence-corrected chi connectivity index (χ2v) is 3.60. The number of carbonyl (C=O) groups is 1. The van der Waals surface area contributed by atoms with Crippen molar-refractivity contribution < 1.29 is 9.90 Å². The lowest BCUT2D eigenvalue weighted by Gasteiger charge is -2.07. The van der Waals surface area contributed by atoms with Gasteiger partial charge < -0.3 is 9.90 Å².